The van der Waals surface area contributed by atoms with Gasteiger partial charge in [-0.2, -0.15) is 0 Å². The van der Waals surface area contributed by atoms with Gasteiger partial charge in [-0.3, -0.25) is 4.18 Å². The summed E-state index contributed by atoms with van der Waals surface area (Å²) in [5.41, 5.74) is -0.00769. The fourth-order valence-corrected chi connectivity index (χ4v) is 1.08. The lowest BCUT2D eigenvalue weighted by molar-refractivity contribution is 0.423. The van der Waals surface area contributed by atoms with Gasteiger partial charge in [0.2, 0.25) is 0 Å². The SMILES string of the molecule is O=[SH](=O)O[CH]c1cc(Cl)ccc1F. The summed E-state index contributed by atoms with van der Waals surface area (Å²) in [5.74, 6) is -0.596. The zero-order valence-corrected chi connectivity index (χ0v) is 7.89. The van der Waals surface area contributed by atoms with Crippen LogP contribution in [0.3, 0.4) is 0 Å². The van der Waals surface area contributed by atoms with Gasteiger partial charge in [-0.25, -0.2) is 12.8 Å². The van der Waals surface area contributed by atoms with Crippen molar-refractivity contribution in [3.05, 3.63) is 41.2 Å². The van der Waals surface area contributed by atoms with E-state index in [1.165, 1.54) is 12.1 Å². The maximum Gasteiger partial charge on any atom is 0.257 e. The fraction of sp³-hybridized carbons (Fsp3) is 0. The Hall–Kier alpha value is -0.650. The largest absolute Gasteiger partial charge is 0.261 e. The van der Waals surface area contributed by atoms with Crippen molar-refractivity contribution in [3.63, 3.8) is 0 Å². The molecule has 0 aliphatic heterocycles. The van der Waals surface area contributed by atoms with E-state index < -0.39 is 16.8 Å². The van der Waals surface area contributed by atoms with E-state index in [0.717, 1.165) is 12.7 Å². The normalized spacial score (nSPS) is 10.7. The van der Waals surface area contributed by atoms with Gasteiger partial charge < -0.3 is 0 Å². The summed E-state index contributed by atoms with van der Waals surface area (Å²) in [6.45, 7) is 0.785. The number of hydrogen-bond donors (Lipinski definition) is 1. The van der Waals surface area contributed by atoms with Crippen LogP contribution < -0.4 is 0 Å². The van der Waals surface area contributed by atoms with E-state index in [4.69, 9.17) is 11.6 Å². The zero-order valence-electron chi connectivity index (χ0n) is 6.24. The molecule has 0 saturated heterocycles. The topological polar surface area (TPSA) is 43.4 Å². The summed E-state index contributed by atoms with van der Waals surface area (Å²) < 4.78 is 36.9. The third-order valence-electron chi connectivity index (χ3n) is 1.22. The molecule has 6 heteroatoms. The number of halogens is 2. The lowest BCUT2D eigenvalue weighted by atomic mass is 10.2. The predicted octanol–water partition coefficient (Wildman–Crippen LogP) is 1.53. The molecule has 1 aromatic rings. The van der Waals surface area contributed by atoms with E-state index in [0.29, 0.717) is 5.02 Å². The Kier molecular flexibility index (Phi) is 3.65. The molecule has 1 rings (SSSR count). The Morgan fingerprint density at radius 3 is 2.77 bits per heavy atom. The lowest BCUT2D eigenvalue weighted by Gasteiger charge is -1.99. The van der Waals surface area contributed by atoms with Gasteiger partial charge in [-0.1, -0.05) is 11.6 Å². The van der Waals surface area contributed by atoms with Gasteiger partial charge in [-0.15, -0.1) is 0 Å². The molecule has 1 aromatic carbocycles. The van der Waals surface area contributed by atoms with Gasteiger partial charge >= 0.3 is 0 Å². The highest BCUT2D eigenvalue weighted by Crippen LogP contribution is 2.16. The maximum atomic E-state index is 12.9. The number of thiol groups is 1. The van der Waals surface area contributed by atoms with Crippen molar-refractivity contribution in [2.45, 2.75) is 0 Å². The first-order valence-electron chi connectivity index (χ1n) is 3.19. The van der Waals surface area contributed by atoms with E-state index in [9.17, 15) is 12.8 Å². The summed E-state index contributed by atoms with van der Waals surface area (Å²) in [5, 5.41) is 0.303. The second-order valence-corrected chi connectivity index (χ2v) is 3.21. The molecule has 0 aromatic heterocycles. The molecule has 71 valence electrons. The average Bonchev–Trinajstić information content (AvgIpc) is 2.06. The summed E-state index contributed by atoms with van der Waals surface area (Å²) >= 11 is 5.54. The first-order chi connectivity index (χ1) is 6.09. The molecule has 0 saturated carbocycles. The molecule has 0 aliphatic rings. The number of rotatable bonds is 3. The van der Waals surface area contributed by atoms with Crippen LogP contribution in [0.15, 0.2) is 18.2 Å². The molecular formula is C7H5ClFO3S. The minimum Gasteiger partial charge on any atom is -0.261 e. The number of benzene rings is 1. The molecule has 0 fully saturated rings. The van der Waals surface area contributed by atoms with Crippen molar-refractivity contribution in [2.24, 2.45) is 0 Å². The van der Waals surface area contributed by atoms with Gasteiger partial charge in [-0.05, 0) is 18.2 Å². The zero-order chi connectivity index (χ0) is 9.84. The molecule has 3 nitrogen and oxygen atoms in total. The molecule has 0 N–H and O–H groups in total. The monoisotopic (exact) mass is 223 g/mol. The average molecular weight is 224 g/mol. The molecule has 1 radical (unpaired) electrons. The van der Waals surface area contributed by atoms with Crippen molar-refractivity contribution >= 4 is 22.6 Å². The number of hydrogen-bond acceptors (Lipinski definition) is 3. The fourth-order valence-electron chi connectivity index (χ4n) is 0.705. The Morgan fingerprint density at radius 2 is 2.15 bits per heavy atom. The van der Waals surface area contributed by atoms with Crippen LogP contribution >= 0.6 is 11.6 Å². The molecule has 0 unspecified atom stereocenters. The molecule has 0 heterocycles. The van der Waals surface area contributed by atoms with Crippen LogP contribution in [-0.4, -0.2) is 8.42 Å². The third kappa shape index (κ3) is 3.30. The molecule has 0 atom stereocenters. The van der Waals surface area contributed by atoms with Crippen molar-refractivity contribution in [3.8, 4) is 0 Å². The van der Waals surface area contributed by atoms with E-state index in [1.807, 2.05) is 0 Å². The second-order valence-electron chi connectivity index (χ2n) is 2.11. The summed E-state index contributed by atoms with van der Waals surface area (Å²) in [4.78, 5) is 0. The Labute approximate surface area is 81.2 Å². The van der Waals surface area contributed by atoms with Crippen molar-refractivity contribution in [1.29, 1.82) is 0 Å². The lowest BCUT2D eigenvalue weighted by Crippen LogP contribution is -1.91. The van der Waals surface area contributed by atoms with Crippen LogP contribution in [0, 0.1) is 12.4 Å². The van der Waals surface area contributed by atoms with E-state index in [1.54, 1.807) is 0 Å². The van der Waals surface area contributed by atoms with Gasteiger partial charge in [0.05, 0.1) is 0 Å². The van der Waals surface area contributed by atoms with Gasteiger partial charge in [0.25, 0.3) is 11.0 Å². The Morgan fingerprint density at radius 1 is 1.46 bits per heavy atom. The van der Waals surface area contributed by atoms with Crippen LogP contribution in [0.5, 0.6) is 0 Å². The second kappa shape index (κ2) is 4.55. The first kappa shape index (κ1) is 10.4. The minimum atomic E-state index is -3.01. The molecule has 0 spiro atoms. The van der Waals surface area contributed by atoms with Gasteiger partial charge in [0.1, 0.15) is 12.4 Å². The summed E-state index contributed by atoms with van der Waals surface area (Å²) in [7, 11) is -3.01. The molecule has 0 aliphatic carbocycles. The van der Waals surface area contributed by atoms with E-state index in [2.05, 4.69) is 4.18 Å². The Bertz CT molecular complexity index is 370. The van der Waals surface area contributed by atoms with Crippen LogP contribution in [0.25, 0.3) is 0 Å². The summed E-state index contributed by atoms with van der Waals surface area (Å²) in [6, 6.07) is 3.73. The highest BCUT2D eigenvalue weighted by atomic mass is 35.5. The third-order valence-corrected chi connectivity index (χ3v) is 1.74. The molecular weight excluding hydrogens is 219 g/mol. The van der Waals surface area contributed by atoms with E-state index >= 15 is 0 Å². The van der Waals surface area contributed by atoms with Crippen LogP contribution in [-0.2, 0) is 15.2 Å². The predicted molar refractivity (Wildman–Crippen MR) is 46.2 cm³/mol. The Balaban J connectivity index is 2.81. The minimum absolute atomic E-state index is 0.00769. The van der Waals surface area contributed by atoms with Crippen molar-refractivity contribution in [2.75, 3.05) is 0 Å². The standard InChI is InChI=1S/C7H5ClFO3S/c8-6-1-2-7(9)5(3-6)4-12-13(10)11/h1-4,13H. The highest BCUT2D eigenvalue weighted by Gasteiger charge is 2.03. The van der Waals surface area contributed by atoms with Crippen molar-refractivity contribution in [1.82, 2.24) is 0 Å². The van der Waals surface area contributed by atoms with Crippen LogP contribution in [0.1, 0.15) is 5.56 Å². The highest BCUT2D eigenvalue weighted by molar-refractivity contribution is 7.67. The first-order valence-corrected chi connectivity index (χ1v) is 4.66. The van der Waals surface area contributed by atoms with Gasteiger partial charge in [0, 0.05) is 10.6 Å². The van der Waals surface area contributed by atoms with Crippen molar-refractivity contribution < 1.29 is 17.0 Å². The van der Waals surface area contributed by atoms with Crippen LogP contribution in [0.4, 0.5) is 4.39 Å². The maximum absolute atomic E-state index is 12.9. The van der Waals surface area contributed by atoms with Gasteiger partial charge in [0.15, 0.2) is 0 Å². The van der Waals surface area contributed by atoms with E-state index in [-0.39, 0.29) is 5.56 Å². The molecule has 0 amide bonds. The smallest absolute Gasteiger partial charge is 0.257 e. The molecule has 0 bridgehead atoms. The quantitative estimate of drug-likeness (QED) is 0.791. The summed E-state index contributed by atoms with van der Waals surface area (Å²) in [6.07, 6.45) is 0. The molecule has 13 heavy (non-hydrogen) atoms. The van der Waals surface area contributed by atoms with Crippen LogP contribution in [0.2, 0.25) is 5.02 Å².